The molecule has 0 aliphatic carbocycles. The molecule has 1 amide bonds. The number of nitrogens with zero attached hydrogens (tertiary/aromatic N) is 1. The van der Waals surface area contributed by atoms with E-state index in [9.17, 15) is 22.4 Å². The molecule has 0 fully saturated rings. The first-order chi connectivity index (χ1) is 13.0. The summed E-state index contributed by atoms with van der Waals surface area (Å²) in [6.07, 6.45) is -4.95. The Balaban J connectivity index is 0.000000307. The Morgan fingerprint density at radius 1 is 0.929 bits per heavy atom. The van der Waals surface area contributed by atoms with E-state index in [0.29, 0.717) is 5.69 Å². The second kappa shape index (κ2) is 10.1. The summed E-state index contributed by atoms with van der Waals surface area (Å²) >= 11 is 0. The van der Waals surface area contributed by atoms with Crippen molar-refractivity contribution in [1.29, 1.82) is 0 Å². The van der Waals surface area contributed by atoms with Crippen molar-refractivity contribution < 1.29 is 27.1 Å². The minimum absolute atomic E-state index is 0.0367. The van der Waals surface area contributed by atoms with E-state index in [4.69, 9.17) is 4.74 Å². The summed E-state index contributed by atoms with van der Waals surface area (Å²) < 4.78 is 53.7. The zero-order valence-corrected chi connectivity index (χ0v) is 16.5. The number of methoxy groups -OCH3 is 1. The molecular weight excluding hydrogens is 374 g/mol. The van der Waals surface area contributed by atoms with E-state index in [1.54, 1.807) is 19.2 Å². The van der Waals surface area contributed by atoms with E-state index in [-0.39, 0.29) is 22.8 Å². The van der Waals surface area contributed by atoms with Crippen molar-refractivity contribution in [2.75, 3.05) is 19.1 Å². The Kier molecular flexibility index (Phi) is 8.47. The first-order valence-electron chi connectivity index (χ1n) is 8.56. The van der Waals surface area contributed by atoms with Crippen LogP contribution in [-0.2, 0) is 4.79 Å². The number of ether oxygens (including phenoxy) is 1. The normalized spacial score (nSPS) is 11.1. The summed E-state index contributed by atoms with van der Waals surface area (Å²) in [6, 6.07) is 11.8. The summed E-state index contributed by atoms with van der Waals surface area (Å²) in [5.41, 5.74) is 0.0329. The predicted molar refractivity (Wildman–Crippen MR) is 102 cm³/mol. The van der Waals surface area contributed by atoms with E-state index in [1.807, 2.05) is 20.8 Å². The molecule has 0 spiro atoms. The van der Waals surface area contributed by atoms with Gasteiger partial charge in [0.05, 0.1) is 12.7 Å². The molecule has 0 aliphatic rings. The molecule has 2 aromatic rings. The molecule has 2 rings (SSSR count). The molecule has 7 heteroatoms. The molecule has 0 atom stereocenters. The Hall–Kier alpha value is -2.57. The summed E-state index contributed by atoms with van der Waals surface area (Å²) in [6.45, 7) is 5.46. The third kappa shape index (κ3) is 6.55. The Morgan fingerprint density at radius 3 is 1.86 bits per heavy atom. The number of carbonyl (C=O) groups excluding carboxylic acids is 1. The fourth-order valence-corrected chi connectivity index (χ4v) is 2.31. The van der Waals surface area contributed by atoms with Crippen LogP contribution in [0.1, 0.15) is 44.7 Å². The molecule has 2 aromatic carbocycles. The SMILES string of the molecule is CN(C(=O)C(C)(C)C)c1ccc(C(F)F)cc1.COc1ccccc1C(F)F. The summed E-state index contributed by atoms with van der Waals surface area (Å²) in [7, 11) is 3.02. The number of hydrogen-bond donors (Lipinski definition) is 0. The topological polar surface area (TPSA) is 29.5 Å². The van der Waals surface area contributed by atoms with E-state index in [1.165, 1.54) is 48.4 Å². The average molecular weight is 399 g/mol. The molecule has 154 valence electrons. The number of anilines is 1. The van der Waals surface area contributed by atoms with Gasteiger partial charge >= 0.3 is 0 Å². The van der Waals surface area contributed by atoms with Crippen LogP contribution in [0.2, 0.25) is 0 Å². The zero-order valence-electron chi connectivity index (χ0n) is 16.5. The summed E-state index contributed by atoms with van der Waals surface area (Å²) in [5.74, 6) is 0.185. The molecule has 0 bridgehead atoms. The van der Waals surface area contributed by atoms with Gasteiger partial charge in [-0.25, -0.2) is 17.6 Å². The van der Waals surface area contributed by atoms with Crippen LogP contribution in [0.15, 0.2) is 48.5 Å². The lowest BCUT2D eigenvalue weighted by Crippen LogP contribution is -2.36. The Labute approximate surface area is 162 Å². The van der Waals surface area contributed by atoms with Gasteiger partial charge in [-0.15, -0.1) is 0 Å². The van der Waals surface area contributed by atoms with Crippen LogP contribution < -0.4 is 9.64 Å². The van der Waals surface area contributed by atoms with Gasteiger partial charge in [0, 0.05) is 23.7 Å². The second-order valence-corrected chi connectivity index (χ2v) is 7.05. The van der Waals surface area contributed by atoms with Crippen molar-refractivity contribution in [3.63, 3.8) is 0 Å². The van der Waals surface area contributed by atoms with E-state index in [2.05, 4.69) is 0 Å². The molecule has 0 saturated heterocycles. The van der Waals surface area contributed by atoms with Crippen molar-refractivity contribution >= 4 is 11.6 Å². The van der Waals surface area contributed by atoms with Crippen LogP contribution in [0.25, 0.3) is 0 Å². The van der Waals surface area contributed by atoms with Crippen LogP contribution in [-0.4, -0.2) is 20.1 Å². The number of halogens is 4. The number of amides is 1. The largest absolute Gasteiger partial charge is 0.496 e. The number of hydrogen-bond acceptors (Lipinski definition) is 2. The lowest BCUT2D eigenvalue weighted by atomic mass is 9.94. The molecule has 0 saturated carbocycles. The number of para-hydroxylation sites is 1. The lowest BCUT2D eigenvalue weighted by Gasteiger charge is -2.26. The molecule has 0 heterocycles. The van der Waals surface area contributed by atoms with Gasteiger partial charge in [0.15, 0.2) is 0 Å². The molecule has 0 N–H and O–H groups in total. The highest BCUT2D eigenvalue weighted by molar-refractivity contribution is 5.96. The Bertz CT molecular complexity index is 756. The monoisotopic (exact) mass is 399 g/mol. The first-order valence-corrected chi connectivity index (χ1v) is 8.56. The molecule has 0 radical (unpaired) electrons. The standard InChI is InChI=1S/C13H17F2NO.C8H8F2O/c1-13(2,3)12(17)16(4)10-7-5-9(6-8-10)11(14)15;1-11-7-5-3-2-4-6(7)8(9)10/h5-8,11H,1-4H3;2-5,8H,1H3. The van der Waals surface area contributed by atoms with Crippen LogP contribution in [0.5, 0.6) is 5.75 Å². The van der Waals surface area contributed by atoms with Gasteiger partial charge in [0.1, 0.15) is 5.75 Å². The maximum atomic E-state index is 12.4. The van der Waals surface area contributed by atoms with Crippen molar-refractivity contribution in [2.24, 2.45) is 5.41 Å². The number of alkyl halides is 4. The van der Waals surface area contributed by atoms with E-state index >= 15 is 0 Å². The van der Waals surface area contributed by atoms with E-state index in [0.717, 1.165) is 0 Å². The maximum Gasteiger partial charge on any atom is 0.267 e. The molecule has 0 aromatic heterocycles. The van der Waals surface area contributed by atoms with Crippen molar-refractivity contribution in [1.82, 2.24) is 0 Å². The lowest BCUT2D eigenvalue weighted by molar-refractivity contribution is -0.125. The molecule has 3 nitrogen and oxygen atoms in total. The molecule has 28 heavy (non-hydrogen) atoms. The van der Waals surface area contributed by atoms with Crippen molar-refractivity contribution in [3.05, 3.63) is 59.7 Å². The highest BCUT2D eigenvalue weighted by Crippen LogP contribution is 2.28. The van der Waals surface area contributed by atoms with Gasteiger partial charge in [0.25, 0.3) is 12.9 Å². The minimum atomic E-state index is -2.48. The zero-order chi connectivity index (χ0) is 21.5. The number of carbonyl (C=O) groups is 1. The van der Waals surface area contributed by atoms with Gasteiger partial charge in [-0.05, 0) is 24.3 Å². The minimum Gasteiger partial charge on any atom is -0.496 e. The van der Waals surface area contributed by atoms with Gasteiger partial charge in [0.2, 0.25) is 5.91 Å². The van der Waals surface area contributed by atoms with E-state index < -0.39 is 18.3 Å². The highest BCUT2D eigenvalue weighted by Gasteiger charge is 2.25. The van der Waals surface area contributed by atoms with Gasteiger partial charge in [-0.2, -0.15) is 0 Å². The fraction of sp³-hybridized carbons (Fsp3) is 0.381. The third-order valence-corrected chi connectivity index (χ3v) is 3.85. The smallest absolute Gasteiger partial charge is 0.267 e. The number of benzene rings is 2. The first kappa shape index (κ1) is 23.5. The summed E-state index contributed by atoms with van der Waals surface area (Å²) in [5, 5.41) is 0. The van der Waals surface area contributed by atoms with Crippen LogP contribution in [0.3, 0.4) is 0 Å². The van der Waals surface area contributed by atoms with Crippen molar-refractivity contribution in [3.8, 4) is 5.75 Å². The highest BCUT2D eigenvalue weighted by atomic mass is 19.3. The Morgan fingerprint density at radius 2 is 1.46 bits per heavy atom. The molecule has 0 unspecified atom stereocenters. The molecule has 0 aliphatic heterocycles. The average Bonchev–Trinajstić information content (AvgIpc) is 2.66. The predicted octanol–water partition coefficient (Wildman–Crippen LogP) is 6.27. The molecular formula is C21H25F4NO2. The van der Waals surface area contributed by atoms with Crippen LogP contribution in [0, 0.1) is 5.41 Å². The fourth-order valence-electron chi connectivity index (χ4n) is 2.31. The van der Waals surface area contributed by atoms with Gasteiger partial charge in [-0.3, -0.25) is 4.79 Å². The quantitative estimate of drug-likeness (QED) is 0.568. The van der Waals surface area contributed by atoms with Gasteiger partial charge < -0.3 is 9.64 Å². The maximum absolute atomic E-state index is 12.4. The number of rotatable bonds is 4. The second-order valence-electron chi connectivity index (χ2n) is 7.05. The third-order valence-electron chi connectivity index (χ3n) is 3.85. The van der Waals surface area contributed by atoms with Gasteiger partial charge in [-0.1, -0.05) is 45.0 Å². The van der Waals surface area contributed by atoms with Crippen LogP contribution in [0.4, 0.5) is 23.2 Å². The summed E-state index contributed by atoms with van der Waals surface area (Å²) in [4.78, 5) is 13.4. The van der Waals surface area contributed by atoms with Crippen LogP contribution >= 0.6 is 0 Å². The van der Waals surface area contributed by atoms with Crippen molar-refractivity contribution in [2.45, 2.75) is 33.6 Å².